The molecule has 6 aliphatic heterocycles. The summed E-state index contributed by atoms with van der Waals surface area (Å²) in [5.74, 6) is -2.56. The fourth-order valence-electron chi connectivity index (χ4n) is 17.8. The zero-order chi connectivity index (χ0) is 91.0. The summed E-state index contributed by atoms with van der Waals surface area (Å²) >= 11 is 0. The number of fused-ring (bicyclic) bond motifs is 4. The second-order valence-electron chi connectivity index (χ2n) is 35.2. The molecule has 1 aliphatic carbocycles. The molecule has 692 valence electrons. The van der Waals surface area contributed by atoms with Crippen LogP contribution >= 0.6 is 0 Å². The standard InChI is InChI=1S/C95H127FN14O17S/c1-62-14-9-8-10-15-64(3)83(122-7)53-76-16-13-18-82(125-76)88(114)91(117)110-35-12-11-17-78(110)92(118)126-74(25-19-63(2)51-66(5)80(112)54-79(111)65(4)50-62)26-20-68-21-27-75(28-22-68)127-95(119)104-57-69-55-100-93(101-56-69)108-42-40-106(41-43-108)86(113)33-46-123-47-44-105-36-38-107(39-37-105)94-102-59-73(60-103-94)89(115)98-34-49-128(120,121)84-31-29-77(67(6)87(84)96)90(116)109-45-48-124-81-30-23-70(52-72(81)61-109)71-24-32-85(97)99-58-71/h8-10,14-15,23-24,29-32,51-52,55-56,58-60,62-63,65,68,74-76,78,80,82-83,112H,11-13,16-22,25-28,33-50,53-54,57,61H2,1-7H3,(H2,97,99)(H,98,115)(H,104,119)/b10-8+,14-9+,64-15+,66-51+/t62-,63+,65-,68-,74+,75-,76?,78+,80+,82?,83+/m1/s1. The Bertz CT molecular complexity index is 4880. The first-order valence-corrected chi connectivity index (χ1v) is 47.2. The lowest BCUT2D eigenvalue weighted by atomic mass is 9.83. The van der Waals surface area contributed by atoms with Crippen LogP contribution in [0.4, 0.5) is 26.9 Å². The second kappa shape index (κ2) is 46.7. The molecule has 3 aromatic heterocycles. The van der Waals surface area contributed by atoms with E-state index in [0.717, 1.165) is 47.6 Å². The highest BCUT2D eigenvalue weighted by molar-refractivity contribution is 7.91. The van der Waals surface area contributed by atoms with Gasteiger partial charge in [0.05, 0.1) is 55.8 Å². The number of anilines is 3. The topological polar surface area (TPSA) is 380 Å². The molecule has 5 aromatic rings. The van der Waals surface area contributed by atoms with E-state index in [4.69, 9.17) is 34.2 Å². The minimum Gasteiger partial charge on any atom is -0.491 e. The average Bonchev–Trinajstić information content (AvgIpc) is 1.49. The lowest BCUT2D eigenvalue weighted by Crippen LogP contribution is -2.54. The predicted molar refractivity (Wildman–Crippen MR) is 480 cm³/mol. The number of Topliss-reactive ketones (excluding diaryl/α,β-unsaturated/α-hetero) is 2. The van der Waals surface area contributed by atoms with Crippen molar-refractivity contribution in [2.24, 2.45) is 23.7 Å². The monoisotopic (exact) mass is 1790 g/mol. The van der Waals surface area contributed by atoms with Crippen LogP contribution in [0.15, 0.2) is 126 Å². The number of ether oxygens (including phenoxy) is 6. The third kappa shape index (κ3) is 27.1. The number of nitrogens with two attached hydrogens (primary N) is 1. The molecule has 5 amide bonds. The number of amides is 5. The number of hydrogen-bond acceptors (Lipinski definition) is 26. The number of rotatable bonds is 22. The van der Waals surface area contributed by atoms with Gasteiger partial charge in [-0.2, -0.15) is 0 Å². The lowest BCUT2D eigenvalue weighted by Gasteiger charge is -2.36. The molecule has 2 bridgehead atoms. The van der Waals surface area contributed by atoms with Crippen molar-refractivity contribution in [1.82, 2.24) is 55.2 Å². The number of alkyl carbamates (subject to hydrolysis) is 1. The van der Waals surface area contributed by atoms with Gasteiger partial charge in [-0.3, -0.25) is 33.7 Å². The molecule has 31 nitrogen and oxygen atoms in total. The summed E-state index contributed by atoms with van der Waals surface area (Å²) in [4.78, 5) is 142. The molecular formula is C95H127FN14O17S. The Kier molecular flexibility index (Phi) is 35.3. The van der Waals surface area contributed by atoms with Crippen molar-refractivity contribution in [2.45, 2.75) is 218 Å². The van der Waals surface area contributed by atoms with Gasteiger partial charge >= 0.3 is 12.1 Å². The van der Waals surface area contributed by atoms with Gasteiger partial charge in [-0.05, 0) is 194 Å². The predicted octanol–water partition coefficient (Wildman–Crippen LogP) is 10.7. The quantitative estimate of drug-likeness (QED) is 0.0216. The number of piperidine rings is 1. The number of carbonyl (C=O) groups excluding carboxylic acids is 8. The van der Waals surface area contributed by atoms with Gasteiger partial charge in [-0.15, -0.1) is 0 Å². The molecule has 128 heavy (non-hydrogen) atoms. The molecular weight excluding hydrogens is 1660 g/mol. The van der Waals surface area contributed by atoms with Gasteiger partial charge < -0.3 is 74.4 Å². The van der Waals surface area contributed by atoms with Crippen molar-refractivity contribution in [3.63, 3.8) is 0 Å². The van der Waals surface area contributed by atoms with E-state index in [1.165, 1.54) is 35.2 Å². The third-order valence-electron chi connectivity index (χ3n) is 25.7. The van der Waals surface area contributed by atoms with E-state index in [0.29, 0.717) is 184 Å². The maximum atomic E-state index is 16.0. The molecule has 4 saturated heterocycles. The largest absolute Gasteiger partial charge is 0.491 e. The zero-order valence-electron chi connectivity index (χ0n) is 75.0. The number of nitrogens with one attached hydrogen (secondary N) is 2. The van der Waals surface area contributed by atoms with Crippen LogP contribution in [0.1, 0.15) is 188 Å². The zero-order valence-corrected chi connectivity index (χ0v) is 75.8. The number of esters is 1. The number of benzene rings is 2. The van der Waals surface area contributed by atoms with Gasteiger partial charge in [0.15, 0.2) is 9.84 Å². The van der Waals surface area contributed by atoms with E-state index in [9.17, 15) is 51.9 Å². The molecule has 5 N–H and O–H groups in total. The van der Waals surface area contributed by atoms with Gasteiger partial charge in [-0.1, -0.05) is 63.3 Å². The number of nitrogens with zero attached hydrogens (tertiary/aromatic N) is 11. The fraction of sp³-hybridized carbons (Fsp3) is 0.568. The van der Waals surface area contributed by atoms with E-state index in [2.05, 4.69) is 53.5 Å². The number of sulfone groups is 1. The number of aromatic nitrogens is 5. The minimum absolute atomic E-state index is 0.0000479. The number of hydrogen-bond donors (Lipinski definition) is 4. The van der Waals surface area contributed by atoms with Gasteiger partial charge in [0.2, 0.25) is 23.6 Å². The van der Waals surface area contributed by atoms with Crippen LogP contribution in [-0.2, 0) is 70.6 Å². The second-order valence-corrected chi connectivity index (χ2v) is 37.3. The van der Waals surface area contributed by atoms with Crippen LogP contribution in [0.5, 0.6) is 5.75 Å². The molecule has 7 aliphatic rings. The van der Waals surface area contributed by atoms with E-state index in [1.54, 1.807) is 31.8 Å². The number of pyridine rings is 1. The molecule has 0 spiro atoms. The first kappa shape index (κ1) is 96.6. The lowest BCUT2D eigenvalue weighted by molar-refractivity contribution is -0.167. The number of aliphatic hydroxyl groups is 1. The normalized spacial score (nSPS) is 25.8. The van der Waals surface area contributed by atoms with E-state index < -0.39 is 86.2 Å². The van der Waals surface area contributed by atoms with Crippen molar-refractivity contribution in [2.75, 3.05) is 127 Å². The molecule has 5 fully saturated rings. The molecule has 0 radical (unpaired) electrons. The van der Waals surface area contributed by atoms with Crippen LogP contribution in [0.25, 0.3) is 11.1 Å². The number of piperazine rings is 2. The van der Waals surface area contributed by atoms with Crippen LogP contribution in [0.2, 0.25) is 0 Å². The summed E-state index contributed by atoms with van der Waals surface area (Å²) in [7, 11) is -2.61. The first-order valence-electron chi connectivity index (χ1n) is 45.5. The number of aliphatic hydroxyl groups excluding tert-OH is 1. The van der Waals surface area contributed by atoms with Crippen molar-refractivity contribution in [3.05, 3.63) is 155 Å². The molecule has 2 aromatic carbocycles. The summed E-state index contributed by atoms with van der Waals surface area (Å²) in [6.45, 7) is 18.0. The maximum Gasteiger partial charge on any atom is 0.407 e. The number of halogens is 1. The third-order valence-corrected chi connectivity index (χ3v) is 27.5. The maximum absolute atomic E-state index is 16.0. The van der Waals surface area contributed by atoms with Crippen molar-refractivity contribution in [3.8, 4) is 16.9 Å². The van der Waals surface area contributed by atoms with Crippen LogP contribution in [0, 0.1) is 36.4 Å². The Balaban J connectivity index is 0.519. The summed E-state index contributed by atoms with van der Waals surface area (Å²) in [6, 6.07) is 10.6. The molecule has 33 heteroatoms. The Hall–Kier alpha value is -10.5. The summed E-state index contributed by atoms with van der Waals surface area (Å²) < 4.78 is 79.5. The molecule has 2 unspecified atom stereocenters. The average molecular weight is 1790 g/mol. The van der Waals surface area contributed by atoms with Crippen molar-refractivity contribution < 1.29 is 84.7 Å². The van der Waals surface area contributed by atoms with Gasteiger partial charge in [0, 0.05) is 164 Å². The van der Waals surface area contributed by atoms with Gasteiger partial charge in [0.25, 0.3) is 17.7 Å². The molecule has 12 rings (SSSR count). The van der Waals surface area contributed by atoms with Gasteiger partial charge in [0.1, 0.15) is 59.0 Å². The summed E-state index contributed by atoms with van der Waals surface area (Å²) in [5.41, 5.74) is 10.6. The van der Waals surface area contributed by atoms with Crippen LogP contribution in [0.3, 0.4) is 0 Å². The number of methoxy groups -OCH3 is 1. The fourth-order valence-corrected chi connectivity index (χ4v) is 19.1. The van der Waals surface area contributed by atoms with Gasteiger partial charge in [-0.25, -0.2) is 47.3 Å². The highest BCUT2D eigenvalue weighted by atomic mass is 32.2. The number of cyclic esters (lactones) is 1. The minimum atomic E-state index is -4.26. The Morgan fingerprint density at radius 3 is 2.16 bits per heavy atom. The molecule has 1 saturated carbocycles. The highest BCUT2D eigenvalue weighted by Gasteiger charge is 2.42. The van der Waals surface area contributed by atoms with Crippen molar-refractivity contribution >= 4 is 74.8 Å². The summed E-state index contributed by atoms with van der Waals surface area (Å²) in [5, 5.41) is 16.7. The smallest absolute Gasteiger partial charge is 0.407 e. The Morgan fingerprint density at radius 1 is 0.703 bits per heavy atom. The Labute approximate surface area is 750 Å². The van der Waals surface area contributed by atoms with E-state index >= 15 is 4.39 Å². The molecule has 9 heterocycles. The number of nitrogen functional groups attached to an aromatic ring is 1. The summed E-state index contributed by atoms with van der Waals surface area (Å²) in [6.07, 6.45) is 26.2. The SMILES string of the molecule is CO[C@H]1CC2CCCC(O2)C(=O)C(=O)N2CCCC[C@H]2C(=O)O[C@H](CC[C@H]2CC[C@H](OC(=O)NCc3cnc(N4CCN(C(=O)CCOCCN5CCN(c6ncc(C(=O)NCCS(=O)(=O)c7ccc(C(=O)N8CCOc9ccc(-c%10ccc(N)nc%10)cc9C8)c(C)c7F)cn6)CC5)CC4)nc3)CC2)CC[C@H](C)/C=C(\C)[C@@H](O)CC(=O)[C@H](C)C[C@H](C)/C=C/C=C/C=C/1C. The highest BCUT2D eigenvalue weighted by Crippen LogP contribution is 2.36. The number of allylic oxidation sites excluding steroid dienone is 6. The van der Waals surface area contributed by atoms with Crippen LogP contribution < -0.4 is 30.9 Å². The first-order chi connectivity index (χ1) is 61.6. The molecule has 9 atom stereocenters. The van der Waals surface area contributed by atoms with Crippen LogP contribution in [-0.4, -0.2) is 259 Å². The number of carbonyl (C=O) groups is 8. The number of ketones is 2. The van der Waals surface area contributed by atoms with Crippen molar-refractivity contribution in [1.29, 1.82) is 0 Å². The van der Waals surface area contributed by atoms with E-state index in [-0.39, 0.29) is 129 Å². The van der Waals surface area contributed by atoms with E-state index in [1.807, 2.05) is 97.0 Å². The Morgan fingerprint density at radius 2 is 1.43 bits per heavy atom.